The lowest BCUT2D eigenvalue weighted by Gasteiger charge is -2.34. The van der Waals surface area contributed by atoms with Crippen LogP contribution < -0.4 is 10.2 Å². The number of nitrogens with one attached hydrogen (secondary N) is 1. The number of hydrogen-bond donors (Lipinski definition) is 1. The number of piperazine rings is 2. The van der Waals surface area contributed by atoms with E-state index < -0.39 is 0 Å². The van der Waals surface area contributed by atoms with E-state index in [1.54, 1.807) is 0 Å². The summed E-state index contributed by atoms with van der Waals surface area (Å²) in [5, 5.41) is 4.48. The molecule has 3 aromatic rings. The van der Waals surface area contributed by atoms with Crippen molar-refractivity contribution in [2.45, 2.75) is 0 Å². The van der Waals surface area contributed by atoms with Gasteiger partial charge in [0.2, 0.25) is 0 Å². The van der Waals surface area contributed by atoms with Gasteiger partial charge in [0.25, 0.3) is 5.91 Å². The first-order valence-corrected chi connectivity index (χ1v) is 10.9. The van der Waals surface area contributed by atoms with Crippen LogP contribution in [0, 0.1) is 0 Å². The Hall–Kier alpha value is -2.83. The van der Waals surface area contributed by atoms with Crippen LogP contribution in [-0.2, 0) is 0 Å². The van der Waals surface area contributed by atoms with E-state index in [2.05, 4.69) is 69.2 Å². The van der Waals surface area contributed by atoms with Gasteiger partial charge in [-0.2, -0.15) is 0 Å². The van der Waals surface area contributed by atoms with E-state index in [1.165, 1.54) is 0 Å². The predicted octanol–water partition coefficient (Wildman–Crippen LogP) is 2.43. The van der Waals surface area contributed by atoms with Crippen LogP contribution in [0.5, 0.6) is 0 Å². The summed E-state index contributed by atoms with van der Waals surface area (Å²) in [6, 6.07) is 18.8. The van der Waals surface area contributed by atoms with Crippen LogP contribution in [0.3, 0.4) is 0 Å². The second-order valence-electron chi connectivity index (χ2n) is 8.22. The van der Waals surface area contributed by atoms with E-state index in [4.69, 9.17) is 0 Å². The third kappa shape index (κ3) is 3.36. The lowest BCUT2D eigenvalue weighted by Crippen LogP contribution is -2.48. The summed E-state index contributed by atoms with van der Waals surface area (Å²) in [6.07, 6.45) is 0. The maximum atomic E-state index is 13.9. The Morgan fingerprint density at radius 1 is 0.833 bits per heavy atom. The molecule has 5 rings (SSSR count). The van der Waals surface area contributed by atoms with Crippen LogP contribution in [0.1, 0.15) is 10.4 Å². The monoisotopic (exact) mass is 403 g/mol. The molecule has 0 saturated carbocycles. The number of anilines is 1. The van der Waals surface area contributed by atoms with Gasteiger partial charge in [0.05, 0.1) is 11.1 Å². The highest BCUT2D eigenvalue weighted by Crippen LogP contribution is 2.37. The Balaban J connectivity index is 1.71. The van der Waals surface area contributed by atoms with Gasteiger partial charge in [-0.3, -0.25) is 9.36 Å². The fraction of sp³-hybridized carbons (Fsp3) is 0.375. The molecule has 1 amide bonds. The molecule has 0 spiro atoms. The van der Waals surface area contributed by atoms with E-state index in [-0.39, 0.29) is 5.91 Å². The number of nitrogens with zero attached hydrogens (tertiary/aromatic N) is 4. The summed E-state index contributed by atoms with van der Waals surface area (Å²) in [7, 11) is 2.12. The SMILES string of the molecule is CN1CCN(C(=O)c2c(N3CCNCC3)n(-c3ccccc3)c3ccccc23)CC1. The minimum Gasteiger partial charge on any atom is -0.354 e. The van der Waals surface area contributed by atoms with Crippen molar-refractivity contribution in [3.8, 4) is 5.69 Å². The van der Waals surface area contributed by atoms with Crippen molar-refractivity contribution in [1.29, 1.82) is 0 Å². The Morgan fingerprint density at radius 2 is 1.50 bits per heavy atom. The third-order valence-electron chi connectivity index (χ3n) is 6.28. The van der Waals surface area contributed by atoms with Gasteiger partial charge >= 0.3 is 0 Å². The summed E-state index contributed by atoms with van der Waals surface area (Å²) in [4.78, 5) is 20.6. The molecule has 0 aliphatic carbocycles. The van der Waals surface area contributed by atoms with Gasteiger partial charge in [-0.15, -0.1) is 0 Å². The molecule has 0 unspecified atom stereocenters. The van der Waals surface area contributed by atoms with Gasteiger partial charge in [-0.05, 0) is 25.2 Å². The van der Waals surface area contributed by atoms with E-state index in [0.29, 0.717) is 0 Å². The van der Waals surface area contributed by atoms with Gasteiger partial charge in [0.15, 0.2) is 0 Å². The van der Waals surface area contributed by atoms with Crippen molar-refractivity contribution in [3.05, 3.63) is 60.2 Å². The first-order chi connectivity index (χ1) is 14.7. The lowest BCUT2D eigenvalue weighted by molar-refractivity contribution is 0.0666. The molecule has 0 atom stereocenters. The molecule has 1 N–H and O–H groups in total. The molecule has 2 saturated heterocycles. The number of amides is 1. The van der Waals surface area contributed by atoms with Crippen LogP contribution >= 0.6 is 0 Å². The highest BCUT2D eigenvalue weighted by atomic mass is 16.2. The average molecular weight is 404 g/mol. The summed E-state index contributed by atoms with van der Waals surface area (Å²) in [5.41, 5.74) is 3.04. The quantitative estimate of drug-likeness (QED) is 0.730. The van der Waals surface area contributed by atoms with E-state index in [1.807, 2.05) is 17.0 Å². The Labute approximate surface area is 177 Å². The molecule has 156 valence electrons. The van der Waals surface area contributed by atoms with Crippen LogP contribution in [0.25, 0.3) is 16.6 Å². The van der Waals surface area contributed by atoms with Gasteiger partial charge in [-0.25, -0.2) is 0 Å². The number of carbonyl (C=O) groups excluding carboxylic acids is 1. The molecule has 30 heavy (non-hydrogen) atoms. The third-order valence-corrected chi connectivity index (χ3v) is 6.28. The number of benzene rings is 2. The van der Waals surface area contributed by atoms with Crippen LogP contribution in [-0.4, -0.2) is 79.7 Å². The maximum Gasteiger partial charge on any atom is 0.258 e. The summed E-state index contributed by atoms with van der Waals surface area (Å²) >= 11 is 0. The van der Waals surface area contributed by atoms with Crippen LogP contribution in [0.2, 0.25) is 0 Å². The summed E-state index contributed by atoms with van der Waals surface area (Å²) in [5.74, 6) is 1.19. The van der Waals surface area contributed by atoms with E-state index >= 15 is 0 Å². The Bertz CT molecular complexity index is 1030. The van der Waals surface area contributed by atoms with Crippen molar-refractivity contribution >= 4 is 22.6 Å². The summed E-state index contributed by atoms with van der Waals surface area (Å²) in [6.45, 7) is 7.05. The molecule has 2 fully saturated rings. The van der Waals surface area contributed by atoms with Gasteiger partial charge in [0, 0.05) is 63.4 Å². The van der Waals surface area contributed by atoms with Crippen molar-refractivity contribution in [3.63, 3.8) is 0 Å². The zero-order valence-corrected chi connectivity index (χ0v) is 17.6. The number of rotatable bonds is 3. The summed E-state index contributed by atoms with van der Waals surface area (Å²) < 4.78 is 2.28. The average Bonchev–Trinajstić information content (AvgIpc) is 3.15. The zero-order chi connectivity index (χ0) is 20.5. The maximum absolute atomic E-state index is 13.9. The number of carbonyl (C=O) groups is 1. The number of likely N-dealkylation sites (N-methyl/N-ethyl adjacent to an activating group) is 1. The van der Waals surface area contributed by atoms with E-state index in [0.717, 1.165) is 80.3 Å². The number of aromatic nitrogens is 1. The molecule has 2 aliphatic rings. The van der Waals surface area contributed by atoms with Gasteiger partial charge in [0.1, 0.15) is 5.82 Å². The lowest BCUT2D eigenvalue weighted by atomic mass is 10.1. The Kier molecular flexibility index (Phi) is 5.19. The Morgan fingerprint density at radius 3 is 2.23 bits per heavy atom. The fourth-order valence-corrected chi connectivity index (χ4v) is 4.62. The highest BCUT2D eigenvalue weighted by Gasteiger charge is 2.31. The largest absolute Gasteiger partial charge is 0.354 e. The minimum atomic E-state index is 0.155. The van der Waals surface area contributed by atoms with Gasteiger partial charge in [-0.1, -0.05) is 36.4 Å². The number of para-hydroxylation sites is 2. The van der Waals surface area contributed by atoms with Gasteiger partial charge < -0.3 is 20.0 Å². The standard InChI is InChI=1S/C24H29N5O/c1-26-15-17-28(18-16-26)24(30)22-20-9-5-6-10-21(20)29(19-7-3-2-4-8-19)23(22)27-13-11-25-12-14-27/h2-10,25H,11-18H2,1H3. The molecule has 2 aliphatic heterocycles. The first-order valence-electron chi connectivity index (χ1n) is 10.9. The number of hydrogen-bond acceptors (Lipinski definition) is 4. The van der Waals surface area contributed by atoms with Crippen molar-refractivity contribution in [2.24, 2.45) is 0 Å². The zero-order valence-electron chi connectivity index (χ0n) is 17.6. The minimum absolute atomic E-state index is 0.155. The second kappa shape index (κ2) is 8.13. The van der Waals surface area contributed by atoms with Crippen molar-refractivity contribution in [2.75, 3.05) is 64.3 Å². The molecule has 6 nitrogen and oxygen atoms in total. The van der Waals surface area contributed by atoms with Crippen LogP contribution in [0.4, 0.5) is 5.82 Å². The molecule has 6 heteroatoms. The topological polar surface area (TPSA) is 43.8 Å². The molecule has 0 bridgehead atoms. The van der Waals surface area contributed by atoms with Crippen LogP contribution in [0.15, 0.2) is 54.6 Å². The smallest absolute Gasteiger partial charge is 0.258 e. The molecule has 0 radical (unpaired) electrons. The molecule has 3 heterocycles. The van der Waals surface area contributed by atoms with Crippen molar-refractivity contribution < 1.29 is 4.79 Å². The van der Waals surface area contributed by atoms with E-state index in [9.17, 15) is 4.79 Å². The molecule has 2 aromatic carbocycles. The first kappa shape index (κ1) is 19.2. The number of fused-ring (bicyclic) bond motifs is 1. The highest BCUT2D eigenvalue weighted by molar-refractivity contribution is 6.13. The molecular weight excluding hydrogens is 374 g/mol. The fourth-order valence-electron chi connectivity index (χ4n) is 4.62. The predicted molar refractivity (Wildman–Crippen MR) is 122 cm³/mol. The molecular formula is C24H29N5O. The molecule has 1 aromatic heterocycles. The normalized spacial score (nSPS) is 18.2. The second-order valence-corrected chi connectivity index (χ2v) is 8.22. The van der Waals surface area contributed by atoms with Crippen molar-refractivity contribution in [1.82, 2.24) is 19.7 Å².